The largest absolute Gasteiger partial charge is 0.472 e. The number of rotatable bonds is 72. The third-order valence-corrected chi connectivity index (χ3v) is 18.5. The standard InChI is InChI=1S/C71H138O17P2/c1-5-9-13-17-20-23-25-27-29-31-32-33-34-35-37-39-41-43-46-50-54-58-71(76)88-67(62-82-69(74)56-52-48-45-42-40-38-36-30-28-26-24-21-18-14-10-6-2)64-86-90(79,80)84-60-65(72)59-83-89(77,78)85-63-66(61-81-68(73)55-51-47-16-12-8-4)87-70(75)57-53-49-44-22-19-15-11-7-3/h65-67,72H,5-64H2,1-4H3,(H,77,78)(H,79,80)/t65-,66+,67+/m0/s1. The van der Waals surface area contributed by atoms with E-state index in [2.05, 4.69) is 27.7 Å². The molecule has 0 aliphatic heterocycles. The first-order chi connectivity index (χ1) is 43.7. The highest BCUT2D eigenvalue weighted by atomic mass is 31.2. The molecule has 17 nitrogen and oxygen atoms in total. The summed E-state index contributed by atoms with van der Waals surface area (Å²) in [5.41, 5.74) is 0. The first-order valence-corrected chi connectivity index (χ1v) is 40.3. The zero-order valence-electron chi connectivity index (χ0n) is 58.1. The SMILES string of the molecule is CCCCCCCCCCCCCCCCCCCCCCCC(=O)O[C@H](COC(=O)CCCCCCCCCCCCCCCCCC)COP(=O)(O)OC[C@@H](O)COP(=O)(O)OC[C@@H](COC(=O)CCCCCCC)OC(=O)CCCCCCCCCC. The van der Waals surface area contributed by atoms with Crippen LogP contribution in [0.4, 0.5) is 0 Å². The molecule has 0 spiro atoms. The van der Waals surface area contributed by atoms with Gasteiger partial charge >= 0.3 is 39.5 Å². The van der Waals surface area contributed by atoms with Crippen LogP contribution < -0.4 is 0 Å². The first-order valence-electron chi connectivity index (χ1n) is 37.3. The Morgan fingerprint density at radius 1 is 0.267 bits per heavy atom. The molecule has 0 aromatic heterocycles. The van der Waals surface area contributed by atoms with E-state index in [4.69, 9.17) is 37.0 Å². The smallest absolute Gasteiger partial charge is 0.462 e. The molecule has 0 aromatic carbocycles. The summed E-state index contributed by atoms with van der Waals surface area (Å²) in [6, 6.07) is 0. The molecule has 0 saturated heterocycles. The summed E-state index contributed by atoms with van der Waals surface area (Å²) in [6.07, 6.45) is 54.8. The lowest BCUT2D eigenvalue weighted by Gasteiger charge is -2.21. The van der Waals surface area contributed by atoms with Gasteiger partial charge in [0.15, 0.2) is 12.2 Å². The van der Waals surface area contributed by atoms with Gasteiger partial charge in [0.25, 0.3) is 0 Å². The third kappa shape index (κ3) is 64.8. The van der Waals surface area contributed by atoms with Crippen LogP contribution in [-0.2, 0) is 65.4 Å². The topological polar surface area (TPSA) is 237 Å². The molecule has 0 saturated carbocycles. The lowest BCUT2D eigenvalue weighted by Crippen LogP contribution is -2.30. The van der Waals surface area contributed by atoms with Crippen molar-refractivity contribution in [2.24, 2.45) is 0 Å². The van der Waals surface area contributed by atoms with E-state index in [-0.39, 0.29) is 25.7 Å². The lowest BCUT2D eigenvalue weighted by molar-refractivity contribution is -0.161. The van der Waals surface area contributed by atoms with Gasteiger partial charge in [-0.15, -0.1) is 0 Å². The number of carbonyl (C=O) groups excluding carboxylic acids is 4. The fourth-order valence-electron chi connectivity index (χ4n) is 10.9. The average molecular weight is 1330 g/mol. The zero-order valence-corrected chi connectivity index (χ0v) is 59.9. The number of hydrogen-bond acceptors (Lipinski definition) is 15. The maximum absolute atomic E-state index is 13.0. The van der Waals surface area contributed by atoms with Gasteiger partial charge in [0, 0.05) is 25.7 Å². The Balaban J connectivity index is 5.09. The van der Waals surface area contributed by atoms with Gasteiger partial charge in [-0.05, 0) is 25.7 Å². The Morgan fingerprint density at radius 2 is 0.444 bits per heavy atom. The molecule has 0 radical (unpaired) electrons. The summed E-state index contributed by atoms with van der Waals surface area (Å²) in [4.78, 5) is 72.2. The quantitative estimate of drug-likeness (QED) is 0.0222. The maximum atomic E-state index is 13.0. The number of aliphatic hydroxyl groups excluding tert-OH is 1. The third-order valence-electron chi connectivity index (χ3n) is 16.6. The van der Waals surface area contributed by atoms with E-state index in [9.17, 15) is 43.2 Å². The van der Waals surface area contributed by atoms with Crippen molar-refractivity contribution in [2.75, 3.05) is 39.6 Å². The van der Waals surface area contributed by atoms with E-state index in [1.54, 1.807) is 0 Å². The van der Waals surface area contributed by atoms with Gasteiger partial charge in [-0.25, -0.2) is 9.13 Å². The molecule has 90 heavy (non-hydrogen) atoms. The van der Waals surface area contributed by atoms with Gasteiger partial charge in [-0.1, -0.05) is 323 Å². The van der Waals surface area contributed by atoms with Crippen LogP contribution in [0.15, 0.2) is 0 Å². The summed E-state index contributed by atoms with van der Waals surface area (Å²) < 4.78 is 68.0. The minimum absolute atomic E-state index is 0.104. The Morgan fingerprint density at radius 3 is 0.656 bits per heavy atom. The summed E-state index contributed by atoms with van der Waals surface area (Å²) in [5.74, 6) is -2.14. The first kappa shape index (κ1) is 88.1. The van der Waals surface area contributed by atoms with Crippen LogP contribution in [0.25, 0.3) is 0 Å². The molecule has 0 bridgehead atoms. The fraction of sp³-hybridized carbons (Fsp3) is 0.944. The van der Waals surface area contributed by atoms with Crippen LogP contribution in [0.5, 0.6) is 0 Å². The molecule has 0 amide bonds. The van der Waals surface area contributed by atoms with Gasteiger partial charge in [0.1, 0.15) is 19.3 Å². The van der Waals surface area contributed by atoms with Crippen molar-refractivity contribution in [3.8, 4) is 0 Å². The van der Waals surface area contributed by atoms with Crippen LogP contribution >= 0.6 is 15.6 Å². The molecule has 3 N–H and O–H groups in total. The Kier molecular flexibility index (Phi) is 64.3. The molecule has 0 heterocycles. The van der Waals surface area contributed by atoms with Crippen molar-refractivity contribution >= 4 is 39.5 Å². The Bertz CT molecular complexity index is 1720. The highest BCUT2D eigenvalue weighted by Gasteiger charge is 2.30. The van der Waals surface area contributed by atoms with Gasteiger partial charge in [-0.2, -0.15) is 0 Å². The van der Waals surface area contributed by atoms with E-state index < -0.39 is 97.5 Å². The maximum Gasteiger partial charge on any atom is 0.472 e. The number of hydrogen-bond donors (Lipinski definition) is 3. The molecule has 0 aromatic rings. The monoisotopic (exact) mass is 1320 g/mol. The molecule has 5 atom stereocenters. The second-order valence-corrected chi connectivity index (χ2v) is 28.5. The molecule has 0 fully saturated rings. The Labute approximate surface area is 549 Å². The molecule has 0 aliphatic rings. The van der Waals surface area contributed by atoms with Crippen molar-refractivity contribution in [1.82, 2.24) is 0 Å². The summed E-state index contributed by atoms with van der Waals surface area (Å²) in [5, 5.41) is 10.5. The second kappa shape index (κ2) is 65.7. The van der Waals surface area contributed by atoms with E-state index >= 15 is 0 Å². The van der Waals surface area contributed by atoms with Gasteiger partial charge in [0.2, 0.25) is 0 Å². The lowest BCUT2D eigenvalue weighted by atomic mass is 10.0. The number of unbranched alkanes of at least 4 members (excludes halogenated alkanes) is 46. The highest BCUT2D eigenvalue weighted by Crippen LogP contribution is 2.45. The summed E-state index contributed by atoms with van der Waals surface area (Å²) in [7, 11) is -9.88. The average Bonchev–Trinajstić information content (AvgIpc) is 3.17. The van der Waals surface area contributed by atoms with E-state index in [0.29, 0.717) is 25.7 Å². The van der Waals surface area contributed by atoms with Crippen LogP contribution in [0.1, 0.15) is 374 Å². The fourth-order valence-corrected chi connectivity index (χ4v) is 12.4. The van der Waals surface area contributed by atoms with Crippen LogP contribution in [0.2, 0.25) is 0 Å². The molecule has 534 valence electrons. The highest BCUT2D eigenvalue weighted by molar-refractivity contribution is 7.47. The van der Waals surface area contributed by atoms with Gasteiger partial charge in [-0.3, -0.25) is 37.3 Å². The molecule has 2 unspecified atom stereocenters. The number of phosphoric ester groups is 2. The van der Waals surface area contributed by atoms with Crippen molar-refractivity contribution < 1.29 is 80.2 Å². The predicted molar refractivity (Wildman–Crippen MR) is 363 cm³/mol. The summed E-state index contributed by atoms with van der Waals surface area (Å²) in [6.45, 7) is 4.83. The number of carbonyl (C=O) groups is 4. The van der Waals surface area contributed by atoms with E-state index in [1.165, 1.54) is 193 Å². The number of aliphatic hydroxyl groups is 1. The molecule has 0 rings (SSSR count). The normalized spacial score (nSPS) is 14.0. The van der Waals surface area contributed by atoms with Crippen molar-refractivity contribution in [2.45, 2.75) is 393 Å². The molecular formula is C71H138O17P2. The Hall–Kier alpha value is -1.94. The van der Waals surface area contributed by atoms with Crippen LogP contribution in [0.3, 0.4) is 0 Å². The number of esters is 4. The number of phosphoric acid groups is 2. The molecule has 0 aliphatic carbocycles. The van der Waals surface area contributed by atoms with Crippen LogP contribution in [0, 0.1) is 0 Å². The number of ether oxygens (including phenoxy) is 4. The van der Waals surface area contributed by atoms with Crippen molar-refractivity contribution in [3.63, 3.8) is 0 Å². The zero-order chi connectivity index (χ0) is 66.1. The second-order valence-electron chi connectivity index (χ2n) is 25.6. The minimum atomic E-state index is -4.95. The van der Waals surface area contributed by atoms with Crippen molar-refractivity contribution in [1.29, 1.82) is 0 Å². The molecular weight excluding hydrogens is 1190 g/mol. The van der Waals surface area contributed by atoms with E-state index in [1.807, 2.05) is 0 Å². The van der Waals surface area contributed by atoms with E-state index in [0.717, 1.165) is 103 Å². The van der Waals surface area contributed by atoms with Crippen molar-refractivity contribution in [3.05, 3.63) is 0 Å². The molecule has 19 heteroatoms. The van der Waals surface area contributed by atoms with Gasteiger partial charge < -0.3 is 33.8 Å². The summed E-state index contributed by atoms with van der Waals surface area (Å²) >= 11 is 0. The minimum Gasteiger partial charge on any atom is -0.462 e. The van der Waals surface area contributed by atoms with Gasteiger partial charge in [0.05, 0.1) is 26.4 Å². The van der Waals surface area contributed by atoms with Crippen LogP contribution in [-0.4, -0.2) is 96.7 Å². The predicted octanol–water partition coefficient (Wildman–Crippen LogP) is 20.7.